The summed E-state index contributed by atoms with van der Waals surface area (Å²) in [5.74, 6) is -0.534. The van der Waals surface area contributed by atoms with E-state index in [-0.39, 0.29) is 28.2 Å². The molecule has 1 aromatic heterocycles. The second-order valence-electron chi connectivity index (χ2n) is 8.78. The van der Waals surface area contributed by atoms with Crippen LogP contribution in [-0.2, 0) is 27.7 Å². The molecule has 1 heterocycles. The number of allylic oxidation sites excluding steroid dienone is 1. The molecule has 0 aliphatic heterocycles. The van der Waals surface area contributed by atoms with Crippen molar-refractivity contribution in [2.75, 3.05) is 20.6 Å². The Hall–Kier alpha value is -2.14. The predicted octanol–water partition coefficient (Wildman–Crippen LogP) is 4.72. The second kappa shape index (κ2) is 11.1. The highest BCUT2D eigenvalue weighted by atomic mass is 35.5. The summed E-state index contributed by atoms with van der Waals surface area (Å²) in [4.78, 5) is 11.6. The highest BCUT2D eigenvalue weighted by Gasteiger charge is 2.22. The highest BCUT2D eigenvalue weighted by Crippen LogP contribution is 2.28. The molecule has 188 valence electrons. The summed E-state index contributed by atoms with van der Waals surface area (Å²) in [6, 6.07) is 4.66. The number of carbonyl (C=O) groups is 1. The molecule has 0 spiro atoms. The SMILES string of the molecule is Cc1nn(C/C(F)=C/CNC(=O)OC(C)(C)C)c(Cl)c1Cc1ccc(S(=O)(=O)N(C)C)c(Cl)c1. The van der Waals surface area contributed by atoms with Crippen LogP contribution in [0, 0.1) is 6.92 Å². The first kappa shape index (κ1) is 28.1. The molecule has 0 saturated carbocycles. The van der Waals surface area contributed by atoms with Crippen LogP contribution in [0.2, 0.25) is 10.2 Å². The van der Waals surface area contributed by atoms with E-state index in [1.165, 1.54) is 30.9 Å². The molecule has 0 radical (unpaired) electrons. The van der Waals surface area contributed by atoms with E-state index in [9.17, 15) is 17.6 Å². The van der Waals surface area contributed by atoms with Gasteiger partial charge < -0.3 is 10.1 Å². The van der Waals surface area contributed by atoms with Crippen molar-refractivity contribution in [2.45, 2.75) is 51.2 Å². The lowest BCUT2D eigenvalue weighted by molar-refractivity contribution is 0.0534. The number of carbonyl (C=O) groups excluding carboxylic acids is 1. The number of aryl methyl sites for hydroxylation is 1. The Morgan fingerprint density at radius 3 is 2.50 bits per heavy atom. The maximum atomic E-state index is 14.4. The molecule has 0 saturated heterocycles. The zero-order valence-electron chi connectivity index (χ0n) is 19.9. The average molecular weight is 535 g/mol. The van der Waals surface area contributed by atoms with Gasteiger partial charge in [-0.1, -0.05) is 29.3 Å². The summed E-state index contributed by atoms with van der Waals surface area (Å²) in [6.45, 7) is 6.68. The van der Waals surface area contributed by atoms with Gasteiger partial charge in [-0.3, -0.25) is 0 Å². The molecule has 2 rings (SSSR count). The molecular weight excluding hydrogens is 506 g/mol. The van der Waals surface area contributed by atoms with Gasteiger partial charge in [0.05, 0.1) is 17.3 Å². The van der Waals surface area contributed by atoms with Gasteiger partial charge in [-0.2, -0.15) is 5.10 Å². The van der Waals surface area contributed by atoms with Crippen LogP contribution in [0.3, 0.4) is 0 Å². The smallest absolute Gasteiger partial charge is 0.407 e. The van der Waals surface area contributed by atoms with Crippen molar-refractivity contribution in [2.24, 2.45) is 0 Å². The van der Waals surface area contributed by atoms with E-state index in [1.54, 1.807) is 39.8 Å². The van der Waals surface area contributed by atoms with Crippen LogP contribution in [0.25, 0.3) is 0 Å². The van der Waals surface area contributed by atoms with Crippen LogP contribution >= 0.6 is 23.2 Å². The number of hydrogen-bond donors (Lipinski definition) is 1. The number of ether oxygens (including phenoxy) is 1. The molecule has 1 aromatic carbocycles. The number of benzene rings is 1. The quantitative estimate of drug-likeness (QED) is 0.528. The van der Waals surface area contributed by atoms with Crippen LogP contribution in [0.1, 0.15) is 37.6 Å². The molecule has 0 aliphatic rings. The summed E-state index contributed by atoms with van der Waals surface area (Å²) in [7, 11) is -0.811. The molecule has 0 aliphatic carbocycles. The van der Waals surface area contributed by atoms with Gasteiger partial charge >= 0.3 is 6.09 Å². The molecule has 2 aromatic rings. The summed E-state index contributed by atoms with van der Waals surface area (Å²) in [6.07, 6.45) is 0.897. The van der Waals surface area contributed by atoms with Crippen LogP contribution in [0.15, 0.2) is 35.0 Å². The monoisotopic (exact) mass is 534 g/mol. The minimum Gasteiger partial charge on any atom is -0.444 e. The van der Waals surface area contributed by atoms with Gasteiger partial charge in [0.1, 0.15) is 21.5 Å². The predicted molar refractivity (Wildman–Crippen MR) is 131 cm³/mol. The molecular formula is C22H29Cl2FN4O4S. The number of amides is 1. The molecule has 12 heteroatoms. The zero-order chi connectivity index (χ0) is 25.8. The lowest BCUT2D eigenvalue weighted by Crippen LogP contribution is -2.32. The Morgan fingerprint density at radius 2 is 1.94 bits per heavy atom. The molecule has 34 heavy (non-hydrogen) atoms. The minimum absolute atomic E-state index is 0.00799. The van der Waals surface area contributed by atoms with Crippen molar-refractivity contribution < 1.29 is 22.3 Å². The maximum Gasteiger partial charge on any atom is 0.407 e. The van der Waals surface area contributed by atoms with E-state index in [2.05, 4.69) is 10.4 Å². The molecule has 8 nitrogen and oxygen atoms in total. The van der Waals surface area contributed by atoms with E-state index in [0.29, 0.717) is 17.7 Å². The van der Waals surface area contributed by atoms with E-state index >= 15 is 0 Å². The highest BCUT2D eigenvalue weighted by molar-refractivity contribution is 7.89. The Balaban J connectivity index is 2.11. The Labute approximate surface area is 209 Å². The van der Waals surface area contributed by atoms with Gasteiger partial charge in [0.15, 0.2) is 0 Å². The molecule has 0 bridgehead atoms. The van der Waals surface area contributed by atoms with E-state index in [1.807, 2.05) is 0 Å². The van der Waals surface area contributed by atoms with Crippen molar-refractivity contribution >= 4 is 39.3 Å². The largest absolute Gasteiger partial charge is 0.444 e. The third kappa shape index (κ3) is 7.43. The first-order valence-electron chi connectivity index (χ1n) is 10.4. The average Bonchev–Trinajstić information content (AvgIpc) is 2.93. The topological polar surface area (TPSA) is 93.5 Å². The van der Waals surface area contributed by atoms with Crippen molar-refractivity contribution in [3.8, 4) is 0 Å². The van der Waals surface area contributed by atoms with Crippen LogP contribution in [0.4, 0.5) is 9.18 Å². The van der Waals surface area contributed by atoms with Gasteiger partial charge in [0.2, 0.25) is 10.0 Å². The maximum absolute atomic E-state index is 14.4. The van der Waals surface area contributed by atoms with E-state index in [4.69, 9.17) is 27.9 Å². The Morgan fingerprint density at radius 1 is 1.29 bits per heavy atom. The summed E-state index contributed by atoms with van der Waals surface area (Å²) in [5, 5.41) is 7.09. The van der Waals surface area contributed by atoms with Crippen LogP contribution in [-0.4, -0.2) is 54.8 Å². The second-order valence-corrected chi connectivity index (χ2v) is 11.7. The zero-order valence-corrected chi connectivity index (χ0v) is 22.3. The standard InChI is InChI=1S/C22H29Cl2FN4O4S/c1-14-17(11-15-7-8-19(18(23)12-15)34(31,32)28(5)6)20(24)29(27-14)13-16(25)9-10-26-21(30)33-22(2,3)4/h7-9,12H,10-11,13H2,1-6H3,(H,26,30)/b16-9-. The van der Waals surface area contributed by atoms with Gasteiger partial charge in [0.25, 0.3) is 0 Å². The molecule has 1 N–H and O–H groups in total. The minimum atomic E-state index is -3.67. The fourth-order valence-electron chi connectivity index (χ4n) is 2.93. The summed E-state index contributed by atoms with van der Waals surface area (Å²) >= 11 is 12.7. The van der Waals surface area contributed by atoms with Gasteiger partial charge in [-0.05, 0) is 51.5 Å². The number of nitrogens with zero attached hydrogens (tertiary/aromatic N) is 3. The van der Waals surface area contributed by atoms with E-state index in [0.717, 1.165) is 9.87 Å². The fraction of sp³-hybridized carbons (Fsp3) is 0.455. The molecule has 0 fully saturated rings. The van der Waals surface area contributed by atoms with Gasteiger partial charge in [0, 0.05) is 32.6 Å². The number of sulfonamides is 1. The van der Waals surface area contributed by atoms with E-state index < -0.39 is 27.5 Å². The third-order valence-corrected chi connectivity index (χ3v) is 7.31. The van der Waals surface area contributed by atoms with Gasteiger partial charge in [-0.25, -0.2) is 26.6 Å². The Bertz CT molecular complexity index is 1190. The normalized spacial score (nSPS) is 12.8. The van der Waals surface area contributed by atoms with Crippen molar-refractivity contribution in [1.29, 1.82) is 0 Å². The lowest BCUT2D eigenvalue weighted by atomic mass is 10.1. The number of rotatable bonds is 8. The van der Waals surface area contributed by atoms with Gasteiger partial charge in [-0.15, -0.1) is 0 Å². The Kier molecular flexibility index (Phi) is 9.15. The first-order chi connectivity index (χ1) is 15.6. The molecule has 1 amide bonds. The first-order valence-corrected chi connectivity index (χ1v) is 12.6. The lowest BCUT2D eigenvalue weighted by Gasteiger charge is -2.19. The third-order valence-electron chi connectivity index (χ3n) is 4.59. The van der Waals surface area contributed by atoms with Crippen molar-refractivity contribution in [1.82, 2.24) is 19.4 Å². The molecule has 0 unspecified atom stereocenters. The van der Waals surface area contributed by atoms with Crippen LogP contribution < -0.4 is 5.32 Å². The number of alkyl carbamates (subject to hydrolysis) is 1. The number of hydrogen-bond acceptors (Lipinski definition) is 5. The summed E-state index contributed by atoms with van der Waals surface area (Å²) in [5.41, 5.74) is 1.35. The van der Waals surface area contributed by atoms with Crippen molar-refractivity contribution in [3.63, 3.8) is 0 Å². The number of nitrogens with one attached hydrogen (secondary N) is 1. The summed E-state index contributed by atoms with van der Waals surface area (Å²) < 4.78 is 46.6. The van der Waals surface area contributed by atoms with Crippen LogP contribution in [0.5, 0.6) is 0 Å². The fourth-order valence-corrected chi connectivity index (χ4v) is 4.66. The number of halogens is 3. The van der Waals surface area contributed by atoms with Crippen molar-refractivity contribution in [3.05, 3.63) is 57.1 Å². The number of aromatic nitrogens is 2. The molecule has 0 atom stereocenters.